The zero-order valence-corrected chi connectivity index (χ0v) is 19.5. The number of thiazole rings is 1. The maximum Gasteiger partial charge on any atom is 0.413 e. The summed E-state index contributed by atoms with van der Waals surface area (Å²) in [7, 11) is 0. The molecule has 1 aliphatic carbocycles. The molecule has 1 aromatic heterocycles. The molecule has 10 heteroatoms. The molecule has 1 fully saturated rings. The van der Waals surface area contributed by atoms with Crippen LogP contribution in [0.4, 0.5) is 9.93 Å². The fourth-order valence-electron chi connectivity index (χ4n) is 4.53. The second-order valence-electron chi connectivity index (χ2n) is 8.51. The van der Waals surface area contributed by atoms with E-state index in [1.807, 2.05) is 36.4 Å². The summed E-state index contributed by atoms with van der Waals surface area (Å²) >= 11 is 1.16. The molecule has 2 amide bonds. The van der Waals surface area contributed by atoms with Gasteiger partial charge >= 0.3 is 12.1 Å². The monoisotopic (exact) mass is 493 g/mol. The van der Waals surface area contributed by atoms with Crippen molar-refractivity contribution in [3.8, 4) is 11.1 Å². The first-order valence-corrected chi connectivity index (χ1v) is 12.0. The summed E-state index contributed by atoms with van der Waals surface area (Å²) in [6, 6.07) is 16.2. The first-order chi connectivity index (χ1) is 16.9. The molecule has 0 saturated carbocycles. The minimum absolute atomic E-state index is 0.0511. The Kier molecular flexibility index (Phi) is 6.23. The minimum atomic E-state index is -1.41. The minimum Gasteiger partial charge on any atom is -0.479 e. The maximum absolute atomic E-state index is 12.4. The quantitative estimate of drug-likeness (QED) is 0.460. The van der Waals surface area contributed by atoms with Crippen molar-refractivity contribution >= 4 is 34.4 Å². The van der Waals surface area contributed by atoms with Crippen molar-refractivity contribution in [3.05, 3.63) is 70.7 Å². The molecule has 2 aliphatic rings. The highest BCUT2D eigenvalue weighted by atomic mass is 32.1. The van der Waals surface area contributed by atoms with E-state index in [4.69, 9.17) is 9.47 Å². The lowest BCUT2D eigenvalue weighted by Gasteiger charge is -2.23. The molecular formula is C25H23N3O6S. The number of carbonyl (C=O) groups excluding carboxylic acids is 2. The van der Waals surface area contributed by atoms with Crippen LogP contribution in [0, 0.1) is 0 Å². The molecule has 0 radical (unpaired) electrons. The van der Waals surface area contributed by atoms with Crippen molar-refractivity contribution < 1.29 is 29.0 Å². The van der Waals surface area contributed by atoms with E-state index in [0.29, 0.717) is 10.8 Å². The molecule has 1 aliphatic heterocycles. The van der Waals surface area contributed by atoms with Gasteiger partial charge in [0.1, 0.15) is 6.61 Å². The van der Waals surface area contributed by atoms with Crippen molar-refractivity contribution in [2.24, 2.45) is 0 Å². The number of nitrogens with zero attached hydrogens (tertiary/aromatic N) is 1. The topological polar surface area (TPSA) is 127 Å². The van der Waals surface area contributed by atoms with Gasteiger partial charge in [-0.1, -0.05) is 48.5 Å². The highest BCUT2D eigenvalue weighted by Crippen LogP contribution is 2.44. The Bertz CT molecular complexity index is 1240. The number of carboxylic acid groups (broad SMARTS) is 1. The lowest BCUT2D eigenvalue weighted by Crippen LogP contribution is -2.55. The van der Waals surface area contributed by atoms with Crippen molar-refractivity contribution in [1.29, 1.82) is 0 Å². The number of rotatable bonds is 7. The van der Waals surface area contributed by atoms with Crippen LogP contribution in [0.3, 0.4) is 0 Å². The SMILES string of the molecule is O=C(Cc1csc(NC(=O)OCC2c3ccccc3-c3ccccc32)n1)NC1(C(=O)O)CCOC1. The van der Waals surface area contributed by atoms with E-state index >= 15 is 0 Å². The van der Waals surface area contributed by atoms with E-state index in [2.05, 4.69) is 27.8 Å². The molecule has 1 unspecified atom stereocenters. The third-order valence-electron chi connectivity index (χ3n) is 6.26. The van der Waals surface area contributed by atoms with Gasteiger partial charge in [-0.2, -0.15) is 0 Å². The maximum atomic E-state index is 12.4. The predicted octanol–water partition coefficient (Wildman–Crippen LogP) is 3.41. The summed E-state index contributed by atoms with van der Waals surface area (Å²) in [5.74, 6) is -1.65. The molecule has 0 bridgehead atoms. The Morgan fingerprint density at radius 3 is 2.43 bits per heavy atom. The average Bonchev–Trinajstić information content (AvgIpc) is 3.56. The van der Waals surface area contributed by atoms with Crippen LogP contribution < -0.4 is 10.6 Å². The fraction of sp³-hybridized carbons (Fsp3) is 0.280. The van der Waals surface area contributed by atoms with Gasteiger partial charge in [-0.15, -0.1) is 11.3 Å². The Balaban J connectivity index is 1.17. The number of fused-ring (bicyclic) bond motifs is 3. The highest BCUT2D eigenvalue weighted by molar-refractivity contribution is 7.13. The van der Waals surface area contributed by atoms with Gasteiger partial charge < -0.3 is 19.9 Å². The number of hydrogen-bond donors (Lipinski definition) is 3. The van der Waals surface area contributed by atoms with Crippen LogP contribution in [-0.4, -0.2) is 53.4 Å². The van der Waals surface area contributed by atoms with Crippen LogP contribution >= 0.6 is 11.3 Å². The Morgan fingerprint density at radius 2 is 1.80 bits per heavy atom. The van der Waals surface area contributed by atoms with Crippen LogP contribution in [0.15, 0.2) is 53.9 Å². The van der Waals surface area contributed by atoms with E-state index < -0.39 is 23.5 Å². The standard InChI is InChI=1S/C25H23N3O6S/c29-21(28-25(22(30)31)9-10-33-14-25)11-15-13-35-23(26-15)27-24(32)34-12-20-18-7-3-1-5-16(18)17-6-2-4-8-19(17)20/h1-8,13,20H,9-12,14H2,(H,28,29)(H,30,31)(H,26,27,32). The van der Waals surface area contributed by atoms with Crippen LogP contribution in [-0.2, 0) is 25.5 Å². The van der Waals surface area contributed by atoms with Crippen LogP contribution in [0.5, 0.6) is 0 Å². The number of aromatic nitrogens is 1. The first kappa shape index (κ1) is 23.0. The number of benzene rings is 2. The van der Waals surface area contributed by atoms with Crippen LogP contribution in [0.25, 0.3) is 11.1 Å². The second-order valence-corrected chi connectivity index (χ2v) is 9.37. The van der Waals surface area contributed by atoms with Crippen LogP contribution in [0.2, 0.25) is 0 Å². The van der Waals surface area contributed by atoms with Crippen LogP contribution in [0.1, 0.15) is 29.2 Å². The molecule has 180 valence electrons. The van der Waals surface area contributed by atoms with Crippen molar-refractivity contribution in [2.75, 3.05) is 25.1 Å². The number of aliphatic carboxylic acids is 1. The second kappa shape index (κ2) is 9.47. The van der Waals surface area contributed by atoms with Gasteiger partial charge in [0.05, 0.1) is 18.7 Å². The molecule has 3 aromatic rings. The molecule has 2 aromatic carbocycles. The first-order valence-electron chi connectivity index (χ1n) is 11.1. The summed E-state index contributed by atoms with van der Waals surface area (Å²) in [4.78, 5) is 40.6. The number of carbonyl (C=O) groups is 3. The highest BCUT2D eigenvalue weighted by Gasteiger charge is 2.43. The largest absolute Gasteiger partial charge is 0.479 e. The molecule has 1 atom stereocenters. The summed E-state index contributed by atoms with van der Waals surface area (Å²) in [5, 5.41) is 16.5. The zero-order valence-electron chi connectivity index (χ0n) is 18.7. The summed E-state index contributed by atoms with van der Waals surface area (Å²) < 4.78 is 10.7. The normalized spacial score (nSPS) is 18.5. The molecule has 1 saturated heterocycles. The van der Waals surface area contributed by atoms with E-state index in [-0.39, 0.29) is 38.6 Å². The van der Waals surface area contributed by atoms with Crippen molar-refractivity contribution in [2.45, 2.75) is 24.3 Å². The Labute approximate surface area is 205 Å². The zero-order chi connectivity index (χ0) is 24.4. The summed E-state index contributed by atoms with van der Waals surface area (Å²) in [6.07, 6.45) is -0.539. The van der Waals surface area contributed by atoms with Gasteiger partial charge in [0.2, 0.25) is 5.91 Å². The van der Waals surface area contributed by atoms with E-state index in [0.717, 1.165) is 33.6 Å². The Morgan fingerprint density at radius 1 is 1.11 bits per heavy atom. The predicted molar refractivity (Wildman–Crippen MR) is 128 cm³/mol. The number of anilines is 1. The summed E-state index contributed by atoms with van der Waals surface area (Å²) in [5.41, 5.74) is 3.55. The molecule has 0 spiro atoms. The van der Waals surface area contributed by atoms with Gasteiger partial charge in [0, 0.05) is 24.3 Å². The Hall–Kier alpha value is -3.76. The van der Waals surface area contributed by atoms with Gasteiger partial charge in [-0.25, -0.2) is 14.6 Å². The lowest BCUT2D eigenvalue weighted by molar-refractivity contribution is -0.147. The molecule has 5 rings (SSSR count). The molecule has 35 heavy (non-hydrogen) atoms. The third-order valence-corrected chi connectivity index (χ3v) is 7.06. The molecule has 3 N–H and O–H groups in total. The summed E-state index contributed by atoms with van der Waals surface area (Å²) in [6.45, 7) is 0.386. The van der Waals surface area contributed by atoms with Gasteiger partial charge in [0.15, 0.2) is 10.7 Å². The number of carboxylic acids is 1. The van der Waals surface area contributed by atoms with Crippen molar-refractivity contribution in [1.82, 2.24) is 10.3 Å². The van der Waals surface area contributed by atoms with E-state index in [1.54, 1.807) is 5.38 Å². The van der Waals surface area contributed by atoms with E-state index in [9.17, 15) is 19.5 Å². The van der Waals surface area contributed by atoms with Gasteiger partial charge in [0.25, 0.3) is 0 Å². The van der Waals surface area contributed by atoms with Gasteiger partial charge in [-0.3, -0.25) is 10.1 Å². The smallest absolute Gasteiger partial charge is 0.413 e. The van der Waals surface area contributed by atoms with Crippen molar-refractivity contribution in [3.63, 3.8) is 0 Å². The lowest BCUT2D eigenvalue weighted by atomic mass is 9.98. The molecule has 9 nitrogen and oxygen atoms in total. The van der Waals surface area contributed by atoms with Gasteiger partial charge in [-0.05, 0) is 22.3 Å². The fourth-order valence-corrected chi connectivity index (χ4v) is 5.22. The number of hydrogen-bond acceptors (Lipinski definition) is 7. The molecular weight excluding hydrogens is 470 g/mol. The number of nitrogens with one attached hydrogen (secondary N) is 2. The van der Waals surface area contributed by atoms with E-state index in [1.165, 1.54) is 0 Å². The third kappa shape index (κ3) is 4.62. The molecule has 2 heterocycles. The number of amides is 2. The number of ether oxygens (including phenoxy) is 2. The average molecular weight is 494 g/mol.